The zero-order chi connectivity index (χ0) is 25.1. The van der Waals surface area contributed by atoms with Crippen LogP contribution in [0.4, 0.5) is 5.69 Å². The molecule has 2 rings (SSSR count). The molecule has 0 aliphatic carbocycles. The third-order valence-corrected chi connectivity index (χ3v) is 4.91. The fourth-order valence-corrected chi connectivity index (χ4v) is 2.83. The molecule has 0 aromatic heterocycles. The quantitative estimate of drug-likeness (QED) is 0.269. The van der Waals surface area contributed by atoms with Crippen LogP contribution in [0.5, 0.6) is 11.5 Å². The van der Waals surface area contributed by atoms with Crippen molar-refractivity contribution in [2.75, 3.05) is 18.5 Å². The first kappa shape index (κ1) is 26.7. The van der Waals surface area contributed by atoms with Gasteiger partial charge in [0, 0.05) is 16.8 Å². The molecule has 0 bridgehead atoms. The predicted octanol–water partition coefficient (Wildman–Crippen LogP) is 3.43. The molecule has 2 aromatic rings. The standard InChI is InChI=1S/C24H29ClN4O5/c1-5-16(4)27-23(31)24(32)29-26-13-17-8-10-20(21(11-17)33-6-2)34-14-22(30)28-19-12-18(25)9-7-15(19)3/h7-13,16H,5-6,14H2,1-4H3,(H,27,31)(H,28,30)(H,29,32)/b26-13-/t16-/m0/s1. The number of amides is 3. The normalized spacial score (nSPS) is 11.6. The Bertz CT molecular complexity index is 1060. The molecular formula is C24H29ClN4O5. The molecule has 3 N–H and O–H groups in total. The Labute approximate surface area is 203 Å². The molecule has 0 saturated carbocycles. The maximum Gasteiger partial charge on any atom is 0.329 e. The smallest absolute Gasteiger partial charge is 0.329 e. The lowest BCUT2D eigenvalue weighted by Gasteiger charge is -2.13. The number of nitrogens with zero attached hydrogens (tertiary/aromatic N) is 1. The fourth-order valence-electron chi connectivity index (χ4n) is 2.66. The van der Waals surface area contributed by atoms with Crippen LogP contribution in [0.2, 0.25) is 5.02 Å². The van der Waals surface area contributed by atoms with Gasteiger partial charge in [-0.15, -0.1) is 0 Å². The van der Waals surface area contributed by atoms with Gasteiger partial charge in [0.1, 0.15) is 0 Å². The zero-order valence-corrected chi connectivity index (χ0v) is 20.4. The average molecular weight is 489 g/mol. The maximum atomic E-state index is 12.3. The molecule has 3 amide bonds. The van der Waals surface area contributed by atoms with Crippen molar-refractivity contribution in [1.29, 1.82) is 0 Å². The first-order valence-electron chi connectivity index (χ1n) is 10.8. The molecule has 34 heavy (non-hydrogen) atoms. The van der Waals surface area contributed by atoms with E-state index in [-0.39, 0.29) is 18.6 Å². The first-order chi connectivity index (χ1) is 16.2. The van der Waals surface area contributed by atoms with Crippen molar-refractivity contribution in [2.45, 2.75) is 40.2 Å². The highest BCUT2D eigenvalue weighted by Crippen LogP contribution is 2.28. The van der Waals surface area contributed by atoms with Gasteiger partial charge < -0.3 is 20.1 Å². The van der Waals surface area contributed by atoms with E-state index in [2.05, 4.69) is 21.2 Å². The lowest BCUT2D eigenvalue weighted by atomic mass is 10.2. The van der Waals surface area contributed by atoms with Crippen molar-refractivity contribution in [1.82, 2.24) is 10.7 Å². The number of carbonyl (C=O) groups excluding carboxylic acids is 3. The van der Waals surface area contributed by atoms with Gasteiger partial charge in [-0.2, -0.15) is 5.10 Å². The second kappa shape index (κ2) is 13.2. The molecule has 0 spiro atoms. The highest BCUT2D eigenvalue weighted by atomic mass is 35.5. The summed E-state index contributed by atoms with van der Waals surface area (Å²) in [4.78, 5) is 35.9. The minimum absolute atomic E-state index is 0.111. The summed E-state index contributed by atoms with van der Waals surface area (Å²) in [6.45, 7) is 7.51. The van der Waals surface area contributed by atoms with Crippen LogP contribution < -0.4 is 25.5 Å². The van der Waals surface area contributed by atoms with E-state index < -0.39 is 11.8 Å². The minimum atomic E-state index is -0.859. The molecule has 0 saturated heterocycles. The van der Waals surface area contributed by atoms with Crippen LogP contribution in [0.15, 0.2) is 41.5 Å². The number of rotatable bonds is 10. The van der Waals surface area contributed by atoms with Crippen molar-refractivity contribution in [3.05, 3.63) is 52.5 Å². The molecule has 0 unspecified atom stereocenters. The predicted molar refractivity (Wildman–Crippen MR) is 132 cm³/mol. The van der Waals surface area contributed by atoms with Crippen molar-refractivity contribution in [2.24, 2.45) is 5.10 Å². The van der Waals surface area contributed by atoms with Gasteiger partial charge in [-0.1, -0.05) is 24.6 Å². The number of hydrogen-bond donors (Lipinski definition) is 3. The Hall–Kier alpha value is -3.59. The summed E-state index contributed by atoms with van der Waals surface area (Å²) in [6, 6.07) is 10.1. The lowest BCUT2D eigenvalue weighted by Crippen LogP contribution is -2.41. The Morgan fingerprint density at radius 1 is 1.06 bits per heavy atom. The maximum absolute atomic E-state index is 12.3. The highest BCUT2D eigenvalue weighted by Gasteiger charge is 2.14. The van der Waals surface area contributed by atoms with E-state index in [1.54, 1.807) is 37.3 Å². The number of anilines is 1. The third-order valence-electron chi connectivity index (χ3n) is 4.68. The van der Waals surface area contributed by atoms with Crippen molar-refractivity contribution < 1.29 is 23.9 Å². The Balaban J connectivity index is 1.98. The fraction of sp³-hybridized carbons (Fsp3) is 0.333. The highest BCUT2D eigenvalue weighted by molar-refractivity contribution is 6.35. The summed E-state index contributed by atoms with van der Waals surface area (Å²) >= 11 is 5.99. The van der Waals surface area contributed by atoms with E-state index in [9.17, 15) is 14.4 Å². The van der Waals surface area contributed by atoms with Crippen LogP contribution in [-0.4, -0.2) is 43.2 Å². The summed E-state index contributed by atoms with van der Waals surface area (Å²) in [6.07, 6.45) is 2.08. The Morgan fingerprint density at radius 3 is 2.53 bits per heavy atom. The number of carbonyl (C=O) groups is 3. The molecular weight excluding hydrogens is 460 g/mol. The number of aryl methyl sites for hydroxylation is 1. The minimum Gasteiger partial charge on any atom is -0.490 e. The molecule has 1 atom stereocenters. The van der Waals surface area contributed by atoms with Gasteiger partial charge in [-0.25, -0.2) is 5.43 Å². The number of hydrogen-bond acceptors (Lipinski definition) is 6. The van der Waals surface area contributed by atoms with Crippen LogP contribution in [0, 0.1) is 6.92 Å². The molecule has 0 aliphatic heterocycles. The second-order valence-corrected chi connectivity index (χ2v) is 7.85. The molecule has 9 nitrogen and oxygen atoms in total. The van der Waals surface area contributed by atoms with Crippen LogP contribution in [0.1, 0.15) is 38.3 Å². The molecule has 2 aromatic carbocycles. The molecule has 0 fully saturated rings. The summed E-state index contributed by atoms with van der Waals surface area (Å²) in [7, 11) is 0. The number of hydrazone groups is 1. The van der Waals surface area contributed by atoms with Gasteiger partial charge >= 0.3 is 11.8 Å². The summed E-state index contributed by atoms with van der Waals surface area (Å²) in [5, 5.41) is 9.64. The molecule has 182 valence electrons. The molecule has 0 heterocycles. The van der Waals surface area contributed by atoms with Crippen LogP contribution in [-0.2, 0) is 14.4 Å². The molecule has 0 radical (unpaired) electrons. The van der Waals surface area contributed by atoms with E-state index in [4.69, 9.17) is 21.1 Å². The monoisotopic (exact) mass is 488 g/mol. The van der Waals surface area contributed by atoms with Gasteiger partial charge in [-0.3, -0.25) is 14.4 Å². The topological polar surface area (TPSA) is 118 Å². The Kier molecular flexibility index (Phi) is 10.3. The molecule has 0 aliphatic rings. The molecule has 10 heteroatoms. The van der Waals surface area contributed by atoms with E-state index in [1.807, 2.05) is 26.8 Å². The van der Waals surface area contributed by atoms with Crippen molar-refractivity contribution in [3.63, 3.8) is 0 Å². The Morgan fingerprint density at radius 2 is 1.82 bits per heavy atom. The summed E-state index contributed by atoms with van der Waals surface area (Å²) in [5.41, 5.74) is 4.26. The third kappa shape index (κ3) is 8.40. The van der Waals surface area contributed by atoms with E-state index >= 15 is 0 Å². The number of nitrogens with one attached hydrogen (secondary N) is 3. The van der Waals surface area contributed by atoms with Crippen LogP contribution in [0.3, 0.4) is 0 Å². The second-order valence-electron chi connectivity index (χ2n) is 7.42. The number of ether oxygens (including phenoxy) is 2. The first-order valence-corrected chi connectivity index (χ1v) is 11.2. The number of benzene rings is 2. The van der Waals surface area contributed by atoms with Crippen LogP contribution >= 0.6 is 11.6 Å². The van der Waals surface area contributed by atoms with Gasteiger partial charge in [-0.05, 0) is 68.7 Å². The van der Waals surface area contributed by atoms with Crippen molar-refractivity contribution in [3.8, 4) is 11.5 Å². The lowest BCUT2D eigenvalue weighted by molar-refractivity contribution is -0.139. The van der Waals surface area contributed by atoms with E-state index in [1.165, 1.54) is 6.21 Å². The summed E-state index contributed by atoms with van der Waals surface area (Å²) < 4.78 is 11.2. The number of halogens is 1. The van der Waals surface area contributed by atoms with Gasteiger partial charge in [0.2, 0.25) is 0 Å². The zero-order valence-electron chi connectivity index (χ0n) is 19.6. The largest absolute Gasteiger partial charge is 0.490 e. The van der Waals surface area contributed by atoms with E-state index in [0.29, 0.717) is 40.8 Å². The SMILES string of the molecule is CCOc1cc(/C=N\NC(=O)C(=O)N[C@@H](C)CC)ccc1OCC(=O)Nc1cc(Cl)ccc1C. The summed E-state index contributed by atoms with van der Waals surface area (Å²) in [5.74, 6) is -1.19. The van der Waals surface area contributed by atoms with E-state index in [0.717, 1.165) is 5.56 Å². The van der Waals surface area contributed by atoms with Crippen LogP contribution in [0.25, 0.3) is 0 Å². The average Bonchev–Trinajstić information content (AvgIpc) is 2.80. The van der Waals surface area contributed by atoms with Gasteiger partial charge in [0.05, 0.1) is 12.8 Å². The van der Waals surface area contributed by atoms with Gasteiger partial charge in [0.15, 0.2) is 18.1 Å². The van der Waals surface area contributed by atoms with Crippen molar-refractivity contribution >= 4 is 41.2 Å². The van der Waals surface area contributed by atoms with Gasteiger partial charge in [0.25, 0.3) is 5.91 Å².